The highest BCUT2D eigenvalue weighted by Gasteiger charge is 2.25. The Morgan fingerprint density at radius 1 is 1.37 bits per heavy atom. The number of methoxy groups -OCH3 is 1. The van der Waals surface area contributed by atoms with Gasteiger partial charge in [0.05, 0.1) is 7.11 Å². The van der Waals surface area contributed by atoms with Crippen molar-refractivity contribution in [3.05, 3.63) is 29.6 Å². The summed E-state index contributed by atoms with van der Waals surface area (Å²) in [6, 6.07) is 4.15. The molecular weight excluding hydrogens is 245 g/mol. The van der Waals surface area contributed by atoms with E-state index in [1.165, 1.54) is 19.2 Å². The van der Waals surface area contributed by atoms with Gasteiger partial charge in [-0.3, -0.25) is 0 Å². The summed E-state index contributed by atoms with van der Waals surface area (Å²) in [4.78, 5) is 11.8. The lowest BCUT2D eigenvalue weighted by atomic mass is 9.88. The van der Waals surface area contributed by atoms with Gasteiger partial charge in [0.2, 0.25) is 0 Å². The number of benzene rings is 1. The lowest BCUT2D eigenvalue weighted by molar-refractivity contribution is -0.142. The molecule has 19 heavy (non-hydrogen) atoms. The molecule has 0 spiro atoms. The molecule has 4 heteroatoms. The molecule has 1 N–H and O–H groups in total. The van der Waals surface area contributed by atoms with Crippen LogP contribution in [0.25, 0.3) is 0 Å². The van der Waals surface area contributed by atoms with E-state index < -0.39 is 6.04 Å². The van der Waals surface area contributed by atoms with Gasteiger partial charge in [-0.25, -0.2) is 9.18 Å². The third kappa shape index (κ3) is 5.28. The highest BCUT2D eigenvalue weighted by Crippen LogP contribution is 2.24. The van der Waals surface area contributed by atoms with Gasteiger partial charge in [-0.05, 0) is 42.5 Å². The van der Waals surface area contributed by atoms with E-state index in [1.807, 2.05) is 33.8 Å². The van der Waals surface area contributed by atoms with Crippen molar-refractivity contribution < 1.29 is 13.9 Å². The largest absolute Gasteiger partial charge is 0.467 e. The first-order chi connectivity index (χ1) is 8.71. The van der Waals surface area contributed by atoms with Crippen LogP contribution in [0.1, 0.15) is 32.8 Å². The Hall–Kier alpha value is -1.58. The molecule has 0 aromatic heterocycles. The molecule has 1 aromatic carbocycles. The average molecular weight is 267 g/mol. The summed E-state index contributed by atoms with van der Waals surface area (Å²) < 4.78 is 18.1. The van der Waals surface area contributed by atoms with Crippen LogP contribution in [0.2, 0.25) is 0 Å². The molecule has 0 saturated carbocycles. The van der Waals surface area contributed by atoms with Crippen LogP contribution in [0.4, 0.5) is 10.1 Å². The molecule has 0 aliphatic carbocycles. The summed E-state index contributed by atoms with van der Waals surface area (Å²) >= 11 is 0. The van der Waals surface area contributed by atoms with Crippen molar-refractivity contribution in [3.63, 3.8) is 0 Å². The fraction of sp³-hybridized carbons (Fsp3) is 0.533. The van der Waals surface area contributed by atoms with Crippen molar-refractivity contribution in [2.24, 2.45) is 5.41 Å². The first-order valence-corrected chi connectivity index (χ1v) is 6.33. The second-order valence-corrected chi connectivity index (χ2v) is 6.00. The number of anilines is 1. The molecule has 1 unspecified atom stereocenters. The van der Waals surface area contributed by atoms with E-state index in [-0.39, 0.29) is 17.2 Å². The van der Waals surface area contributed by atoms with Gasteiger partial charge in [-0.1, -0.05) is 20.8 Å². The van der Waals surface area contributed by atoms with Crippen molar-refractivity contribution in [1.29, 1.82) is 0 Å². The summed E-state index contributed by atoms with van der Waals surface area (Å²) in [6.45, 7) is 7.94. The van der Waals surface area contributed by atoms with Crippen LogP contribution in [-0.2, 0) is 9.53 Å². The Morgan fingerprint density at radius 3 is 2.47 bits per heavy atom. The van der Waals surface area contributed by atoms with Gasteiger partial charge >= 0.3 is 5.97 Å². The third-order valence-corrected chi connectivity index (χ3v) is 2.69. The van der Waals surface area contributed by atoms with Crippen molar-refractivity contribution in [3.8, 4) is 0 Å². The Bertz CT molecular complexity index is 432. The van der Waals surface area contributed by atoms with Crippen LogP contribution >= 0.6 is 0 Å². The topological polar surface area (TPSA) is 38.3 Å². The maximum Gasteiger partial charge on any atom is 0.328 e. The second-order valence-electron chi connectivity index (χ2n) is 6.00. The number of carbonyl (C=O) groups excluding carboxylic acids is 1. The molecule has 1 aromatic rings. The number of hydrogen-bond acceptors (Lipinski definition) is 3. The van der Waals surface area contributed by atoms with Crippen LogP contribution in [0, 0.1) is 18.2 Å². The Kier molecular flexibility index (Phi) is 4.92. The zero-order valence-corrected chi connectivity index (χ0v) is 12.2. The maximum absolute atomic E-state index is 13.3. The quantitative estimate of drug-likeness (QED) is 0.848. The number of rotatable bonds is 4. The zero-order valence-electron chi connectivity index (χ0n) is 12.2. The molecule has 1 rings (SSSR count). The number of ether oxygens (including phenoxy) is 1. The zero-order chi connectivity index (χ0) is 14.6. The molecule has 0 saturated heterocycles. The van der Waals surface area contributed by atoms with E-state index in [2.05, 4.69) is 5.32 Å². The van der Waals surface area contributed by atoms with E-state index in [4.69, 9.17) is 4.74 Å². The minimum atomic E-state index is -0.480. The Balaban J connectivity index is 2.90. The predicted octanol–water partition coefficient (Wildman–Crippen LogP) is 3.52. The van der Waals surface area contributed by atoms with Gasteiger partial charge in [0.1, 0.15) is 11.9 Å². The van der Waals surface area contributed by atoms with Gasteiger partial charge in [0.15, 0.2) is 0 Å². The van der Waals surface area contributed by atoms with Crippen molar-refractivity contribution in [1.82, 2.24) is 0 Å². The molecule has 3 nitrogen and oxygen atoms in total. The number of halogens is 1. The fourth-order valence-corrected chi connectivity index (χ4v) is 1.97. The first-order valence-electron chi connectivity index (χ1n) is 6.33. The summed E-state index contributed by atoms with van der Waals surface area (Å²) in [5, 5.41) is 3.05. The Morgan fingerprint density at radius 2 is 2.00 bits per heavy atom. The molecule has 0 fully saturated rings. The van der Waals surface area contributed by atoms with Crippen LogP contribution < -0.4 is 5.32 Å². The molecule has 0 bridgehead atoms. The number of aryl methyl sites for hydroxylation is 1. The molecular formula is C15H22FNO2. The molecule has 1 atom stereocenters. The van der Waals surface area contributed by atoms with Crippen LogP contribution in [-0.4, -0.2) is 19.1 Å². The molecule has 0 aliphatic rings. The number of esters is 1. The van der Waals surface area contributed by atoms with E-state index in [9.17, 15) is 9.18 Å². The van der Waals surface area contributed by atoms with Gasteiger partial charge in [0.25, 0.3) is 0 Å². The average Bonchev–Trinajstić information content (AvgIpc) is 2.23. The van der Waals surface area contributed by atoms with Gasteiger partial charge in [0, 0.05) is 5.69 Å². The monoisotopic (exact) mass is 267 g/mol. The van der Waals surface area contributed by atoms with Crippen LogP contribution in [0.3, 0.4) is 0 Å². The first kappa shape index (κ1) is 15.5. The number of carbonyl (C=O) groups is 1. The molecule has 0 amide bonds. The van der Waals surface area contributed by atoms with Crippen molar-refractivity contribution in [2.45, 2.75) is 40.2 Å². The predicted molar refractivity (Wildman–Crippen MR) is 74.6 cm³/mol. The summed E-state index contributed by atoms with van der Waals surface area (Å²) in [5.74, 6) is -0.654. The third-order valence-electron chi connectivity index (χ3n) is 2.69. The maximum atomic E-state index is 13.3. The van der Waals surface area contributed by atoms with E-state index in [0.29, 0.717) is 12.1 Å². The molecule has 0 heterocycles. The smallest absolute Gasteiger partial charge is 0.328 e. The SMILES string of the molecule is COC(=O)C(CC(C)(C)C)Nc1cc(C)cc(F)c1. The van der Waals surface area contributed by atoms with Gasteiger partial charge in [-0.15, -0.1) is 0 Å². The standard InChI is InChI=1S/C15H22FNO2/c1-10-6-11(16)8-12(7-10)17-13(14(18)19-5)9-15(2,3)4/h6-8,13,17H,9H2,1-5H3. The Labute approximate surface area is 114 Å². The van der Waals surface area contributed by atoms with Gasteiger partial charge < -0.3 is 10.1 Å². The summed E-state index contributed by atoms with van der Waals surface area (Å²) in [7, 11) is 1.36. The number of nitrogens with one attached hydrogen (secondary N) is 1. The van der Waals surface area contributed by atoms with E-state index in [1.54, 1.807) is 0 Å². The van der Waals surface area contributed by atoms with E-state index in [0.717, 1.165) is 5.56 Å². The second kappa shape index (κ2) is 6.04. The normalized spacial score (nSPS) is 12.9. The van der Waals surface area contributed by atoms with Gasteiger partial charge in [-0.2, -0.15) is 0 Å². The highest BCUT2D eigenvalue weighted by atomic mass is 19.1. The lowest BCUT2D eigenvalue weighted by Gasteiger charge is -2.25. The summed E-state index contributed by atoms with van der Waals surface area (Å²) in [6.07, 6.45) is 0.606. The highest BCUT2D eigenvalue weighted by molar-refractivity contribution is 5.79. The van der Waals surface area contributed by atoms with E-state index >= 15 is 0 Å². The van der Waals surface area contributed by atoms with Crippen molar-refractivity contribution >= 4 is 11.7 Å². The molecule has 0 radical (unpaired) electrons. The lowest BCUT2D eigenvalue weighted by Crippen LogP contribution is -2.34. The number of hydrogen-bond donors (Lipinski definition) is 1. The summed E-state index contributed by atoms with van der Waals surface area (Å²) in [5.41, 5.74) is 1.37. The van der Waals surface area contributed by atoms with Crippen molar-refractivity contribution in [2.75, 3.05) is 12.4 Å². The fourth-order valence-electron chi connectivity index (χ4n) is 1.97. The molecule has 106 valence electrons. The minimum Gasteiger partial charge on any atom is -0.467 e. The van der Waals surface area contributed by atoms with Crippen LogP contribution in [0.5, 0.6) is 0 Å². The minimum absolute atomic E-state index is 0.0335. The van der Waals surface area contributed by atoms with Crippen LogP contribution in [0.15, 0.2) is 18.2 Å². The molecule has 0 aliphatic heterocycles.